The Morgan fingerprint density at radius 2 is 1.92 bits per heavy atom. The number of carbonyl (C=O) groups is 2. The van der Waals surface area contributed by atoms with E-state index in [4.69, 9.17) is 14.8 Å². The number of aryl methyl sites for hydroxylation is 1. The highest BCUT2D eigenvalue weighted by Gasteiger charge is 2.26. The van der Waals surface area contributed by atoms with Gasteiger partial charge >= 0.3 is 0 Å². The molecule has 4 heterocycles. The van der Waals surface area contributed by atoms with Crippen LogP contribution in [-0.4, -0.2) is 56.5 Å². The zero-order valence-corrected chi connectivity index (χ0v) is 21.4. The van der Waals surface area contributed by atoms with E-state index in [2.05, 4.69) is 13.8 Å². The molecule has 0 radical (unpaired) electrons. The Morgan fingerprint density at radius 3 is 2.64 bits per heavy atom. The van der Waals surface area contributed by atoms with Crippen molar-refractivity contribution < 1.29 is 14.3 Å². The highest BCUT2D eigenvalue weighted by Crippen LogP contribution is 2.24. The third-order valence-electron chi connectivity index (χ3n) is 7.57. The van der Waals surface area contributed by atoms with Crippen LogP contribution in [0.4, 0.5) is 0 Å². The van der Waals surface area contributed by atoms with Crippen molar-refractivity contribution in [2.75, 3.05) is 13.2 Å². The minimum Gasteiger partial charge on any atom is -0.378 e. The Balaban J connectivity index is 1.31. The number of benzene rings is 1. The number of ether oxygens (including phenoxy) is 1. The topological polar surface area (TPSA) is 76.8 Å². The molecule has 0 N–H and O–H groups in total. The summed E-state index contributed by atoms with van der Waals surface area (Å²) in [6.07, 6.45) is 8.29. The third kappa shape index (κ3) is 5.36. The van der Waals surface area contributed by atoms with Crippen molar-refractivity contribution in [1.29, 1.82) is 0 Å². The maximum atomic E-state index is 13.2. The highest BCUT2D eigenvalue weighted by atomic mass is 16.5. The first-order chi connectivity index (χ1) is 17.5. The number of fused-ring (bicyclic) bond motifs is 1. The molecule has 5 rings (SSSR count). The molecule has 2 aliphatic rings. The van der Waals surface area contributed by atoms with Crippen molar-refractivity contribution in [2.45, 2.75) is 83.8 Å². The number of hydrogen-bond acceptors (Lipinski definition) is 5. The Labute approximate surface area is 212 Å². The number of ketones is 1. The first-order valence-electron chi connectivity index (χ1n) is 13.4. The molecule has 1 aromatic carbocycles. The van der Waals surface area contributed by atoms with Crippen LogP contribution in [0.15, 0.2) is 36.4 Å². The maximum Gasteiger partial charge on any atom is 0.272 e. The van der Waals surface area contributed by atoms with Crippen LogP contribution in [0.3, 0.4) is 0 Å². The van der Waals surface area contributed by atoms with E-state index in [1.54, 1.807) is 0 Å². The smallest absolute Gasteiger partial charge is 0.272 e. The average molecular weight is 489 g/mol. The van der Waals surface area contributed by atoms with E-state index >= 15 is 0 Å². The Hall–Kier alpha value is -3.06. The first kappa shape index (κ1) is 24.6. The van der Waals surface area contributed by atoms with Gasteiger partial charge in [-0.25, -0.2) is 9.50 Å². The minimum absolute atomic E-state index is 0.00987. The van der Waals surface area contributed by atoms with Gasteiger partial charge < -0.3 is 9.64 Å². The zero-order chi connectivity index (χ0) is 25.1. The summed E-state index contributed by atoms with van der Waals surface area (Å²) in [6, 6.07) is 12.1. The van der Waals surface area contributed by atoms with Gasteiger partial charge in [-0.3, -0.25) is 9.59 Å². The van der Waals surface area contributed by atoms with E-state index in [-0.39, 0.29) is 23.8 Å². The van der Waals surface area contributed by atoms with E-state index in [0.29, 0.717) is 24.2 Å². The second-order valence-corrected chi connectivity index (χ2v) is 10.2. The molecule has 2 fully saturated rings. The molecule has 1 amide bonds. The molecule has 3 aromatic rings. The average Bonchev–Trinajstić information content (AvgIpc) is 3.57. The largest absolute Gasteiger partial charge is 0.378 e. The third-order valence-corrected chi connectivity index (χ3v) is 7.57. The van der Waals surface area contributed by atoms with Crippen LogP contribution in [0, 0.1) is 0 Å². The van der Waals surface area contributed by atoms with Gasteiger partial charge in [-0.15, -0.1) is 0 Å². The molecular weight excluding hydrogens is 452 g/mol. The normalized spacial score (nSPS) is 20.2. The summed E-state index contributed by atoms with van der Waals surface area (Å²) < 4.78 is 7.47. The Morgan fingerprint density at radius 1 is 1.08 bits per heavy atom. The fourth-order valence-electron chi connectivity index (χ4n) is 5.39. The summed E-state index contributed by atoms with van der Waals surface area (Å²) in [6.45, 7) is 5.81. The lowest BCUT2D eigenvalue weighted by Gasteiger charge is -2.33. The number of piperidine rings is 1. The van der Waals surface area contributed by atoms with E-state index in [1.807, 2.05) is 45.8 Å². The monoisotopic (exact) mass is 488 g/mol. The molecule has 36 heavy (non-hydrogen) atoms. The van der Waals surface area contributed by atoms with Crippen LogP contribution in [0.25, 0.3) is 16.9 Å². The highest BCUT2D eigenvalue weighted by molar-refractivity contribution is 5.93. The number of nitrogens with zero attached hydrogens (tertiary/aromatic N) is 4. The molecule has 0 bridgehead atoms. The molecule has 7 nitrogen and oxygen atoms in total. The lowest BCUT2D eigenvalue weighted by atomic mass is 10.0. The first-order valence-corrected chi connectivity index (χ1v) is 13.4. The van der Waals surface area contributed by atoms with Gasteiger partial charge in [0.1, 0.15) is 11.5 Å². The molecule has 2 aliphatic heterocycles. The van der Waals surface area contributed by atoms with Crippen LogP contribution in [-0.2, 0) is 22.4 Å². The summed E-state index contributed by atoms with van der Waals surface area (Å²) >= 11 is 0. The van der Waals surface area contributed by atoms with Gasteiger partial charge in [0, 0.05) is 49.4 Å². The van der Waals surface area contributed by atoms with Crippen molar-refractivity contribution in [3.63, 3.8) is 0 Å². The van der Waals surface area contributed by atoms with Crippen molar-refractivity contribution in [3.8, 4) is 11.3 Å². The van der Waals surface area contributed by atoms with Crippen LogP contribution in [0.2, 0.25) is 0 Å². The van der Waals surface area contributed by atoms with Crippen molar-refractivity contribution in [1.82, 2.24) is 19.5 Å². The molecule has 0 saturated carbocycles. The molecule has 2 saturated heterocycles. The number of Topliss-reactive ketones (excluding diaryl/α,β-unsaturated/α-hetero) is 1. The zero-order valence-electron chi connectivity index (χ0n) is 21.4. The van der Waals surface area contributed by atoms with Crippen molar-refractivity contribution >= 4 is 17.3 Å². The lowest BCUT2D eigenvalue weighted by Crippen LogP contribution is -2.42. The number of likely N-dealkylation sites (tertiary alicyclic amines) is 1. The molecule has 0 spiro atoms. The van der Waals surface area contributed by atoms with Gasteiger partial charge in [-0.2, -0.15) is 5.10 Å². The number of carbonyl (C=O) groups excluding carboxylic acids is 2. The molecule has 2 aromatic heterocycles. The molecule has 0 aliphatic carbocycles. The van der Waals surface area contributed by atoms with Crippen LogP contribution >= 0.6 is 0 Å². The number of rotatable bonds is 8. The fraction of sp³-hybridized carbons (Fsp3) is 0.517. The van der Waals surface area contributed by atoms with E-state index < -0.39 is 0 Å². The van der Waals surface area contributed by atoms with E-state index in [0.717, 1.165) is 74.2 Å². The SMILES string of the molecule is CCc1cc(C(=O)N2CCCCC2C)nc2cc(-c3ccc(CC(=O)CCC4CCCO4)cc3)nn12. The summed E-state index contributed by atoms with van der Waals surface area (Å²) in [7, 11) is 0. The summed E-state index contributed by atoms with van der Waals surface area (Å²) in [5.41, 5.74) is 4.94. The molecule has 2 unspecified atom stereocenters. The molecular formula is C29H36N4O3. The van der Waals surface area contributed by atoms with Crippen LogP contribution < -0.4 is 0 Å². The van der Waals surface area contributed by atoms with Gasteiger partial charge in [0.2, 0.25) is 0 Å². The molecule has 2 atom stereocenters. The van der Waals surface area contributed by atoms with E-state index in [1.165, 1.54) is 6.42 Å². The van der Waals surface area contributed by atoms with Gasteiger partial charge in [0.05, 0.1) is 11.8 Å². The van der Waals surface area contributed by atoms with Crippen molar-refractivity contribution in [3.05, 3.63) is 53.3 Å². The summed E-state index contributed by atoms with van der Waals surface area (Å²) in [4.78, 5) is 32.3. The van der Waals surface area contributed by atoms with Crippen molar-refractivity contribution in [2.24, 2.45) is 0 Å². The predicted octanol–water partition coefficient (Wildman–Crippen LogP) is 5.04. The number of aromatic nitrogens is 3. The second kappa shape index (κ2) is 10.9. The van der Waals surface area contributed by atoms with Gasteiger partial charge in [0.25, 0.3) is 5.91 Å². The standard InChI is InChI=1S/C29H36N4O3/c1-3-23-18-27(29(35)32-15-5-4-7-20(32)2)30-28-19-26(31-33(23)28)22-11-9-21(10-12-22)17-24(34)13-14-25-8-6-16-36-25/h9-12,18-20,25H,3-8,13-17H2,1-2H3. The Kier molecular flexibility index (Phi) is 7.46. The van der Waals surface area contributed by atoms with Gasteiger partial charge in [-0.1, -0.05) is 31.2 Å². The second-order valence-electron chi connectivity index (χ2n) is 10.2. The maximum absolute atomic E-state index is 13.2. The lowest BCUT2D eigenvalue weighted by molar-refractivity contribution is -0.119. The molecule has 7 heteroatoms. The van der Waals surface area contributed by atoms with Gasteiger partial charge in [0.15, 0.2) is 5.65 Å². The summed E-state index contributed by atoms with van der Waals surface area (Å²) in [5, 5.41) is 4.79. The number of amides is 1. The predicted molar refractivity (Wildman–Crippen MR) is 139 cm³/mol. The summed E-state index contributed by atoms with van der Waals surface area (Å²) in [5.74, 6) is 0.263. The fourth-order valence-corrected chi connectivity index (χ4v) is 5.39. The van der Waals surface area contributed by atoms with Crippen LogP contribution in [0.1, 0.15) is 80.5 Å². The quantitative estimate of drug-likeness (QED) is 0.444. The number of hydrogen-bond donors (Lipinski definition) is 0. The minimum atomic E-state index is 0.00987. The van der Waals surface area contributed by atoms with E-state index in [9.17, 15) is 9.59 Å². The van der Waals surface area contributed by atoms with Crippen LogP contribution in [0.5, 0.6) is 0 Å². The molecule has 190 valence electrons. The van der Waals surface area contributed by atoms with Gasteiger partial charge in [-0.05, 0) is 63.5 Å². The Bertz CT molecular complexity index is 1230.